The highest BCUT2D eigenvalue weighted by molar-refractivity contribution is 5.95. The zero-order chi connectivity index (χ0) is 27.9. The summed E-state index contributed by atoms with van der Waals surface area (Å²) in [6.07, 6.45) is 2.40. The molecule has 0 amide bonds. The summed E-state index contributed by atoms with van der Waals surface area (Å²) in [6, 6.07) is 42.7. The molecule has 0 radical (unpaired) electrons. The molecule has 0 saturated heterocycles. The van der Waals surface area contributed by atoms with Crippen molar-refractivity contribution < 1.29 is 0 Å². The molecule has 0 aliphatic heterocycles. The van der Waals surface area contributed by atoms with Crippen LogP contribution in [0.5, 0.6) is 0 Å². The Morgan fingerprint density at radius 3 is 1.63 bits per heavy atom. The van der Waals surface area contributed by atoms with Crippen molar-refractivity contribution in [2.45, 2.75) is 38.5 Å². The fourth-order valence-corrected chi connectivity index (χ4v) is 8.00. The highest BCUT2D eigenvalue weighted by Gasteiger charge is 2.51. The van der Waals surface area contributed by atoms with Gasteiger partial charge in [0.1, 0.15) is 0 Å². The van der Waals surface area contributed by atoms with Crippen molar-refractivity contribution in [3.05, 3.63) is 166 Å². The van der Waals surface area contributed by atoms with Crippen molar-refractivity contribution in [2.75, 3.05) is 5.32 Å². The minimum atomic E-state index is -0.321. The molecule has 0 fully saturated rings. The molecule has 5 aromatic rings. The Bertz CT molecular complexity index is 1920. The largest absolute Gasteiger partial charge is 0.359 e. The van der Waals surface area contributed by atoms with Crippen molar-refractivity contribution >= 4 is 11.3 Å². The maximum Gasteiger partial charge on any atom is 0.0722 e. The third-order valence-corrected chi connectivity index (χ3v) is 9.78. The van der Waals surface area contributed by atoms with Crippen LogP contribution in [0.4, 0.5) is 5.69 Å². The van der Waals surface area contributed by atoms with Crippen molar-refractivity contribution in [1.82, 2.24) is 0 Å². The van der Waals surface area contributed by atoms with Gasteiger partial charge in [-0.1, -0.05) is 117 Å². The lowest BCUT2D eigenvalue weighted by Gasteiger charge is -2.32. The molecule has 1 nitrogen and oxygen atoms in total. The lowest BCUT2D eigenvalue weighted by atomic mass is 9.69. The Hall–Kier alpha value is -4.62. The monoisotopic (exact) mass is 527 g/mol. The van der Waals surface area contributed by atoms with E-state index in [1.165, 1.54) is 66.8 Å². The zero-order valence-corrected chi connectivity index (χ0v) is 24.0. The number of hydrogen-bond acceptors (Lipinski definition) is 1. The molecule has 0 saturated carbocycles. The minimum Gasteiger partial charge on any atom is -0.359 e. The molecule has 3 aliphatic carbocycles. The fourth-order valence-electron chi connectivity index (χ4n) is 8.00. The number of anilines is 1. The van der Waals surface area contributed by atoms with Gasteiger partial charge in [-0.25, -0.2) is 0 Å². The van der Waals surface area contributed by atoms with Gasteiger partial charge in [0, 0.05) is 16.8 Å². The predicted octanol–water partition coefficient (Wildman–Crippen LogP) is 10.1. The molecule has 0 bridgehead atoms. The Morgan fingerprint density at radius 2 is 1.02 bits per heavy atom. The second-order valence-electron chi connectivity index (χ2n) is 12.3. The van der Waals surface area contributed by atoms with E-state index in [4.69, 9.17) is 0 Å². The highest BCUT2D eigenvalue weighted by Crippen LogP contribution is 2.62. The summed E-state index contributed by atoms with van der Waals surface area (Å²) in [5.41, 5.74) is 18.3. The molecule has 5 aromatic carbocycles. The molecule has 0 aromatic heterocycles. The quantitative estimate of drug-likeness (QED) is 0.246. The molecule has 1 N–H and O–H groups in total. The first kappa shape index (κ1) is 24.2. The van der Waals surface area contributed by atoms with Crippen LogP contribution in [0.25, 0.3) is 27.8 Å². The summed E-state index contributed by atoms with van der Waals surface area (Å²) in [7, 11) is 0. The molecule has 0 heterocycles. The Labute approximate surface area is 242 Å². The lowest BCUT2D eigenvalue weighted by Crippen LogP contribution is -2.27. The number of allylic oxidation sites excluding steroid dienone is 4. The zero-order valence-electron chi connectivity index (χ0n) is 24.0. The van der Waals surface area contributed by atoms with Gasteiger partial charge in [-0.3, -0.25) is 0 Å². The van der Waals surface area contributed by atoms with Gasteiger partial charge in [-0.15, -0.1) is 0 Å². The van der Waals surface area contributed by atoms with Gasteiger partial charge < -0.3 is 5.32 Å². The van der Waals surface area contributed by atoms with Gasteiger partial charge in [0.25, 0.3) is 0 Å². The van der Waals surface area contributed by atoms with E-state index >= 15 is 0 Å². The SMILES string of the molecule is CC1=C(/C=C(\C)Nc2ccc3c(c2)C(C)(C)c2ccccc2-3)C2(c3ccccc31)c1ccccc1-c1ccccc12. The van der Waals surface area contributed by atoms with Crippen LogP contribution in [0.2, 0.25) is 0 Å². The maximum absolute atomic E-state index is 3.79. The lowest BCUT2D eigenvalue weighted by molar-refractivity contribution is 0.660. The van der Waals surface area contributed by atoms with E-state index in [2.05, 4.69) is 154 Å². The van der Waals surface area contributed by atoms with E-state index in [1.54, 1.807) is 0 Å². The summed E-state index contributed by atoms with van der Waals surface area (Å²) >= 11 is 0. The number of rotatable bonds is 3. The summed E-state index contributed by atoms with van der Waals surface area (Å²) in [4.78, 5) is 0. The van der Waals surface area contributed by atoms with Crippen molar-refractivity contribution in [3.63, 3.8) is 0 Å². The molecule has 1 heteroatoms. The van der Waals surface area contributed by atoms with Crippen LogP contribution < -0.4 is 5.32 Å². The molecular weight excluding hydrogens is 494 g/mol. The minimum absolute atomic E-state index is 0.0191. The van der Waals surface area contributed by atoms with E-state index in [1.807, 2.05) is 0 Å². The normalized spacial score (nSPS) is 16.7. The van der Waals surface area contributed by atoms with Crippen LogP contribution in [0, 0.1) is 0 Å². The number of nitrogens with one attached hydrogen (secondary N) is 1. The van der Waals surface area contributed by atoms with Crippen LogP contribution in [0.1, 0.15) is 61.1 Å². The number of hydrogen-bond donors (Lipinski definition) is 1. The molecular formula is C40H33N. The summed E-state index contributed by atoms with van der Waals surface area (Å²) in [6.45, 7) is 9.18. The third kappa shape index (κ3) is 3.12. The van der Waals surface area contributed by atoms with Crippen molar-refractivity contribution in [1.29, 1.82) is 0 Å². The second-order valence-corrected chi connectivity index (χ2v) is 12.3. The summed E-state index contributed by atoms with van der Waals surface area (Å²) < 4.78 is 0. The average molecular weight is 528 g/mol. The van der Waals surface area contributed by atoms with E-state index in [-0.39, 0.29) is 10.8 Å². The van der Waals surface area contributed by atoms with Crippen LogP contribution in [-0.2, 0) is 10.8 Å². The summed E-state index contributed by atoms with van der Waals surface area (Å²) in [5.74, 6) is 0. The van der Waals surface area contributed by atoms with E-state index in [0.717, 1.165) is 11.4 Å². The van der Waals surface area contributed by atoms with Crippen LogP contribution in [0.3, 0.4) is 0 Å². The molecule has 41 heavy (non-hydrogen) atoms. The first-order chi connectivity index (χ1) is 19.9. The second kappa shape index (κ2) is 8.44. The van der Waals surface area contributed by atoms with E-state index in [9.17, 15) is 0 Å². The Kier molecular flexibility index (Phi) is 4.98. The summed E-state index contributed by atoms with van der Waals surface area (Å²) in [5, 5.41) is 3.79. The maximum atomic E-state index is 3.79. The number of fused-ring (bicyclic) bond motifs is 10. The molecule has 3 aliphatic rings. The molecule has 0 atom stereocenters. The fraction of sp³-hybridized carbons (Fsp3) is 0.150. The molecule has 0 unspecified atom stereocenters. The van der Waals surface area contributed by atoms with Gasteiger partial charge in [-0.2, -0.15) is 0 Å². The molecule has 8 rings (SSSR count). The Balaban J connectivity index is 1.26. The van der Waals surface area contributed by atoms with Crippen molar-refractivity contribution in [2.24, 2.45) is 0 Å². The first-order valence-electron chi connectivity index (χ1n) is 14.6. The van der Waals surface area contributed by atoms with E-state index < -0.39 is 0 Å². The predicted molar refractivity (Wildman–Crippen MR) is 172 cm³/mol. The standard InChI is InChI=1S/C40H33N/c1-25(41-27-21-22-32-29-14-6-9-17-33(29)39(3,4)38(32)24-27)23-37-26(2)28-13-5-10-18-34(28)40(37)35-19-11-7-15-30(35)31-16-8-12-20-36(31)40/h5-24,41H,1-4H3/b25-23+. The molecule has 198 valence electrons. The first-order valence-corrected chi connectivity index (χ1v) is 14.6. The molecule has 1 spiro atoms. The van der Waals surface area contributed by atoms with Gasteiger partial charge in [-0.05, 0) is 98.8 Å². The average Bonchev–Trinajstić information content (AvgIpc) is 3.52. The van der Waals surface area contributed by atoms with Crippen LogP contribution in [0.15, 0.2) is 133 Å². The number of benzene rings is 5. The third-order valence-electron chi connectivity index (χ3n) is 9.78. The van der Waals surface area contributed by atoms with E-state index in [0.29, 0.717) is 0 Å². The van der Waals surface area contributed by atoms with Gasteiger partial charge in [0.05, 0.1) is 5.41 Å². The van der Waals surface area contributed by atoms with Crippen molar-refractivity contribution in [3.8, 4) is 22.3 Å². The van der Waals surface area contributed by atoms with Gasteiger partial charge in [0.15, 0.2) is 0 Å². The van der Waals surface area contributed by atoms with Gasteiger partial charge in [0.2, 0.25) is 0 Å². The highest BCUT2D eigenvalue weighted by atomic mass is 14.9. The topological polar surface area (TPSA) is 12.0 Å². The van der Waals surface area contributed by atoms with Gasteiger partial charge >= 0.3 is 0 Å². The smallest absolute Gasteiger partial charge is 0.0722 e. The van der Waals surface area contributed by atoms with Crippen LogP contribution >= 0.6 is 0 Å². The van der Waals surface area contributed by atoms with Crippen LogP contribution in [-0.4, -0.2) is 0 Å². The Morgan fingerprint density at radius 1 is 0.561 bits per heavy atom.